The van der Waals surface area contributed by atoms with Crippen molar-refractivity contribution in [3.05, 3.63) is 47.7 Å². The topological polar surface area (TPSA) is 30.9 Å². The smallest absolute Gasteiger partial charge is 0.0657 e. The van der Waals surface area contributed by atoms with Gasteiger partial charge in [0.2, 0.25) is 0 Å². The van der Waals surface area contributed by atoms with Gasteiger partial charge in [-0.05, 0) is 30.3 Å². The Bertz CT molecular complexity index is 407. The van der Waals surface area contributed by atoms with Crippen molar-refractivity contribution in [1.29, 1.82) is 0 Å². The summed E-state index contributed by atoms with van der Waals surface area (Å²) in [5, 5.41) is 0.699. The summed E-state index contributed by atoms with van der Waals surface area (Å²) >= 11 is 6.01. The van der Waals surface area contributed by atoms with Crippen LogP contribution < -0.4 is 5.73 Å². The molecule has 0 radical (unpaired) electrons. The molecule has 0 spiro atoms. The van der Waals surface area contributed by atoms with Gasteiger partial charge >= 0.3 is 0 Å². The molecule has 0 bridgehead atoms. The molecule has 0 aliphatic rings. The number of nitrogens with two attached hydrogens (primary N) is 1. The third-order valence-electron chi connectivity index (χ3n) is 1.85. The van der Waals surface area contributed by atoms with Crippen molar-refractivity contribution in [1.82, 2.24) is 4.57 Å². The maximum Gasteiger partial charge on any atom is 0.0657 e. The Morgan fingerprint density at radius 3 is 2.54 bits per heavy atom. The van der Waals surface area contributed by atoms with Gasteiger partial charge in [0, 0.05) is 18.1 Å². The van der Waals surface area contributed by atoms with Crippen molar-refractivity contribution in [2.75, 3.05) is 5.73 Å². The molecule has 0 fully saturated rings. The summed E-state index contributed by atoms with van der Waals surface area (Å²) in [7, 11) is 0. The molecule has 66 valence electrons. The van der Waals surface area contributed by atoms with Gasteiger partial charge in [0.25, 0.3) is 0 Å². The first-order chi connectivity index (χ1) is 6.27. The van der Waals surface area contributed by atoms with Gasteiger partial charge in [-0.3, -0.25) is 0 Å². The number of anilines is 1. The van der Waals surface area contributed by atoms with E-state index in [4.69, 9.17) is 17.3 Å². The van der Waals surface area contributed by atoms with Gasteiger partial charge in [0.05, 0.1) is 10.7 Å². The number of rotatable bonds is 1. The second-order valence-electron chi connectivity index (χ2n) is 2.80. The standard InChI is InChI=1S/C10H9ClN2/c11-9-4-3-8(12)7-10(9)13-5-1-2-6-13/h1-7H,12H2. The molecule has 0 saturated heterocycles. The summed E-state index contributed by atoms with van der Waals surface area (Å²) in [4.78, 5) is 0. The molecule has 2 aromatic rings. The van der Waals surface area contributed by atoms with E-state index in [1.165, 1.54) is 0 Å². The first-order valence-corrected chi connectivity index (χ1v) is 4.33. The summed E-state index contributed by atoms with van der Waals surface area (Å²) in [5.74, 6) is 0. The molecule has 0 atom stereocenters. The Morgan fingerprint density at radius 2 is 1.85 bits per heavy atom. The molecule has 2 rings (SSSR count). The minimum Gasteiger partial charge on any atom is -0.399 e. The molecular formula is C10H9ClN2. The Morgan fingerprint density at radius 1 is 1.15 bits per heavy atom. The van der Waals surface area contributed by atoms with E-state index in [1.807, 2.05) is 35.2 Å². The van der Waals surface area contributed by atoms with Crippen molar-refractivity contribution in [3.63, 3.8) is 0 Å². The minimum atomic E-state index is 0.699. The van der Waals surface area contributed by atoms with Crippen LogP contribution in [0.4, 0.5) is 5.69 Å². The van der Waals surface area contributed by atoms with Crippen LogP contribution in [0.3, 0.4) is 0 Å². The zero-order valence-electron chi connectivity index (χ0n) is 6.94. The van der Waals surface area contributed by atoms with Crippen molar-refractivity contribution in [2.24, 2.45) is 0 Å². The summed E-state index contributed by atoms with van der Waals surface area (Å²) in [6.07, 6.45) is 3.86. The molecule has 2 N–H and O–H groups in total. The number of hydrogen-bond acceptors (Lipinski definition) is 1. The van der Waals surface area contributed by atoms with Crippen molar-refractivity contribution < 1.29 is 0 Å². The lowest BCUT2D eigenvalue weighted by Crippen LogP contribution is -1.93. The molecule has 1 heterocycles. The average Bonchev–Trinajstić information content (AvgIpc) is 2.61. The molecule has 0 saturated carbocycles. The molecule has 0 aliphatic heterocycles. The largest absolute Gasteiger partial charge is 0.399 e. The van der Waals surface area contributed by atoms with Crippen molar-refractivity contribution in [2.45, 2.75) is 0 Å². The maximum absolute atomic E-state index is 6.01. The van der Waals surface area contributed by atoms with E-state index in [-0.39, 0.29) is 0 Å². The van der Waals surface area contributed by atoms with E-state index < -0.39 is 0 Å². The normalized spacial score (nSPS) is 10.2. The fourth-order valence-corrected chi connectivity index (χ4v) is 1.44. The molecule has 13 heavy (non-hydrogen) atoms. The highest BCUT2D eigenvalue weighted by molar-refractivity contribution is 6.32. The second kappa shape index (κ2) is 3.15. The third kappa shape index (κ3) is 1.53. The van der Waals surface area contributed by atoms with Crippen LogP contribution in [0, 0.1) is 0 Å². The van der Waals surface area contributed by atoms with Gasteiger partial charge in [0.1, 0.15) is 0 Å². The number of hydrogen-bond donors (Lipinski definition) is 1. The van der Waals surface area contributed by atoms with Crippen LogP contribution in [-0.2, 0) is 0 Å². The highest BCUT2D eigenvalue weighted by Crippen LogP contribution is 2.22. The van der Waals surface area contributed by atoms with Crippen LogP contribution in [-0.4, -0.2) is 4.57 Å². The monoisotopic (exact) mass is 192 g/mol. The van der Waals surface area contributed by atoms with Crippen LogP contribution in [0.15, 0.2) is 42.7 Å². The third-order valence-corrected chi connectivity index (χ3v) is 2.17. The highest BCUT2D eigenvalue weighted by atomic mass is 35.5. The minimum absolute atomic E-state index is 0.699. The van der Waals surface area contributed by atoms with Crippen LogP contribution >= 0.6 is 11.6 Å². The van der Waals surface area contributed by atoms with Gasteiger partial charge in [-0.25, -0.2) is 0 Å². The number of nitrogens with zero attached hydrogens (tertiary/aromatic N) is 1. The molecular weight excluding hydrogens is 184 g/mol. The molecule has 0 amide bonds. The lowest BCUT2D eigenvalue weighted by Gasteiger charge is -2.05. The van der Waals surface area contributed by atoms with Crippen LogP contribution in [0.25, 0.3) is 5.69 Å². The quantitative estimate of drug-likeness (QED) is 0.692. The number of benzene rings is 1. The number of aromatic nitrogens is 1. The molecule has 2 nitrogen and oxygen atoms in total. The predicted octanol–water partition coefficient (Wildman–Crippen LogP) is 2.71. The summed E-state index contributed by atoms with van der Waals surface area (Å²) in [6, 6.07) is 9.32. The molecule has 0 aliphatic carbocycles. The van der Waals surface area contributed by atoms with Crippen molar-refractivity contribution in [3.8, 4) is 5.69 Å². The summed E-state index contributed by atoms with van der Waals surface area (Å²) in [6.45, 7) is 0. The van der Waals surface area contributed by atoms with E-state index in [1.54, 1.807) is 12.1 Å². The van der Waals surface area contributed by atoms with E-state index in [9.17, 15) is 0 Å². The Kier molecular flexibility index (Phi) is 1.99. The predicted molar refractivity (Wildman–Crippen MR) is 55.2 cm³/mol. The Balaban J connectivity index is 2.57. The van der Waals surface area contributed by atoms with Crippen molar-refractivity contribution >= 4 is 17.3 Å². The zero-order valence-corrected chi connectivity index (χ0v) is 7.70. The Hall–Kier alpha value is -1.41. The van der Waals surface area contributed by atoms with Gasteiger partial charge < -0.3 is 10.3 Å². The van der Waals surface area contributed by atoms with Gasteiger partial charge in [0.15, 0.2) is 0 Å². The Labute approximate surface area is 81.6 Å². The van der Waals surface area contributed by atoms with Gasteiger partial charge in [-0.1, -0.05) is 11.6 Å². The van der Waals surface area contributed by atoms with Crippen LogP contribution in [0.1, 0.15) is 0 Å². The van der Waals surface area contributed by atoms with Crippen LogP contribution in [0.5, 0.6) is 0 Å². The lowest BCUT2D eigenvalue weighted by molar-refractivity contribution is 1.08. The number of nitrogen functional groups attached to an aromatic ring is 1. The highest BCUT2D eigenvalue weighted by Gasteiger charge is 2.00. The molecule has 1 aromatic heterocycles. The van der Waals surface area contributed by atoms with E-state index in [0.717, 1.165) is 5.69 Å². The molecule has 3 heteroatoms. The average molecular weight is 193 g/mol. The first-order valence-electron chi connectivity index (χ1n) is 3.96. The molecule has 1 aromatic carbocycles. The maximum atomic E-state index is 6.01. The summed E-state index contributed by atoms with van der Waals surface area (Å²) < 4.78 is 1.93. The second-order valence-corrected chi connectivity index (χ2v) is 3.21. The van der Waals surface area contributed by atoms with Crippen LogP contribution in [0.2, 0.25) is 5.02 Å². The fourth-order valence-electron chi connectivity index (χ4n) is 1.22. The van der Waals surface area contributed by atoms with Gasteiger partial charge in [-0.2, -0.15) is 0 Å². The van der Waals surface area contributed by atoms with E-state index in [0.29, 0.717) is 10.7 Å². The van der Waals surface area contributed by atoms with Gasteiger partial charge in [-0.15, -0.1) is 0 Å². The first kappa shape index (κ1) is 8.20. The molecule has 0 unspecified atom stereocenters. The van der Waals surface area contributed by atoms with E-state index in [2.05, 4.69) is 0 Å². The van der Waals surface area contributed by atoms with E-state index >= 15 is 0 Å². The zero-order chi connectivity index (χ0) is 9.26. The summed E-state index contributed by atoms with van der Waals surface area (Å²) in [5.41, 5.74) is 7.29. The fraction of sp³-hybridized carbons (Fsp3) is 0. The lowest BCUT2D eigenvalue weighted by atomic mass is 10.3. The number of halogens is 1. The SMILES string of the molecule is Nc1ccc(Cl)c(-n2cccc2)c1.